The summed E-state index contributed by atoms with van der Waals surface area (Å²) in [5, 5.41) is 9.71. The largest absolute Gasteiger partial charge is 0.512 e. The molecule has 3 nitrogen and oxygen atoms in total. The highest BCUT2D eigenvalue weighted by molar-refractivity contribution is 5.96. The Labute approximate surface area is 113 Å². The number of methoxy groups -OCH3 is 1. The molecule has 1 aromatic rings. The first-order chi connectivity index (χ1) is 9.20. The second-order valence-electron chi connectivity index (χ2n) is 4.58. The Morgan fingerprint density at radius 1 is 1.26 bits per heavy atom. The number of benzene rings is 1. The highest BCUT2D eigenvalue weighted by Gasteiger charge is 2.18. The number of aliphatic hydroxyl groups excluding tert-OH is 1. The molecule has 3 heteroatoms. The molecule has 0 amide bonds. The molecule has 0 unspecified atom stereocenters. The molecule has 0 saturated heterocycles. The molecule has 0 spiro atoms. The van der Waals surface area contributed by atoms with E-state index in [4.69, 9.17) is 4.74 Å². The summed E-state index contributed by atoms with van der Waals surface area (Å²) in [6, 6.07) is 7.68. The van der Waals surface area contributed by atoms with E-state index in [1.54, 1.807) is 7.11 Å². The van der Waals surface area contributed by atoms with Crippen LogP contribution < -0.4 is 4.74 Å². The number of hydrogen-bond acceptors (Lipinski definition) is 3. The third-order valence-electron chi connectivity index (χ3n) is 3.25. The number of ketones is 1. The Morgan fingerprint density at radius 2 is 2.00 bits per heavy atom. The second-order valence-corrected chi connectivity index (χ2v) is 4.58. The van der Waals surface area contributed by atoms with E-state index in [-0.39, 0.29) is 11.5 Å². The van der Waals surface area contributed by atoms with Gasteiger partial charge in [0.25, 0.3) is 0 Å². The maximum absolute atomic E-state index is 11.7. The molecule has 1 aromatic carbocycles. The first-order valence-corrected chi connectivity index (χ1v) is 6.45. The minimum atomic E-state index is 0.0723. The minimum absolute atomic E-state index is 0.0723. The van der Waals surface area contributed by atoms with Crippen LogP contribution in [0.1, 0.15) is 31.2 Å². The van der Waals surface area contributed by atoms with Gasteiger partial charge in [-0.2, -0.15) is 0 Å². The summed E-state index contributed by atoms with van der Waals surface area (Å²) in [7, 11) is 1.63. The van der Waals surface area contributed by atoms with Crippen molar-refractivity contribution in [2.45, 2.75) is 25.7 Å². The number of allylic oxidation sites excluding steroid dienone is 3. The third kappa shape index (κ3) is 3.47. The molecule has 0 aromatic heterocycles. The van der Waals surface area contributed by atoms with Gasteiger partial charge in [0, 0.05) is 18.4 Å². The summed E-state index contributed by atoms with van der Waals surface area (Å²) in [4.78, 5) is 11.7. The van der Waals surface area contributed by atoms with Crippen LogP contribution in [0.2, 0.25) is 0 Å². The SMILES string of the molecule is COc1ccc(/C=C/CC2=C(O)CCCC2=O)cc1. The number of hydrogen-bond donors (Lipinski definition) is 1. The van der Waals surface area contributed by atoms with Crippen molar-refractivity contribution in [3.05, 3.63) is 47.2 Å². The number of carbonyl (C=O) groups is 1. The van der Waals surface area contributed by atoms with E-state index in [9.17, 15) is 9.90 Å². The average molecular weight is 258 g/mol. The highest BCUT2D eigenvalue weighted by Crippen LogP contribution is 2.23. The molecule has 100 valence electrons. The maximum Gasteiger partial charge on any atom is 0.162 e. The molecule has 1 N–H and O–H groups in total. The smallest absolute Gasteiger partial charge is 0.162 e. The van der Waals surface area contributed by atoms with Crippen LogP contribution in [-0.4, -0.2) is 18.0 Å². The van der Waals surface area contributed by atoms with Gasteiger partial charge in [0.05, 0.1) is 12.9 Å². The van der Waals surface area contributed by atoms with Crippen molar-refractivity contribution in [2.75, 3.05) is 7.11 Å². The van der Waals surface area contributed by atoms with Crippen molar-refractivity contribution in [3.63, 3.8) is 0 Å². The van der Waals surface area contributed by atoms with E-state index in [0.717, 1.165) is 17.7 Å². The lowest BCUT2D eigenvalue weighted by molar-refractivity contribution is -0.116. The fourth-order valence-corrected chi connectivity index (χ4v) is 2.14. The molecule has 19 heavy (non-hydrogen) atoms. The van der Waals surface area contributed by atoms with Crippen molar-refractivity contribution >= 4 is 11.9 Å². The van der Waals surface area contributed by atoms with Gasteiger partial charge in [0.1, 0.15) is 5.75 Å². The van der Waals surface area contributed by atoms with E-state index < -0.39 is 0 Å². The third-order valence-corrected chi connectivity index (χ3v) is 3.25. The van der Waals surface area contributed by atoms with Gasteiger partial charge in [-0.25, -0.2) is 0 Å². The van der Waals surface area contributed by atoms with Gasteiger partial charge >= 0.3 is 0 Å². The maximum atomic E-state index is 11.7. The van der Waals surface area contributed by atoms with Crippen molar-refractivity contribution in [1.29, 1.82) is 0 Å². The lowest BCUT2D eigenvalue weighted by atomic mass is 9.94. The highest BCUT2D eigenvalue weighted by atomic mass is 16.5. The molecule has 0 bridgehead atoms. The van der Waals surface area contributed by atoms with Crippen LogP contribution in [0.4, 0.5) is 0 Å². The van der Waals surface area contributed by atoms with Gasteiger partial charge < -0.3 is 9.84 Å². The van der Waals surface area contributed by atoms with Crippen LogP contribution in [0.3, 0.4) is 0 Å². The van der Waals surface area contributed by atoms with Crippen molar-refractivity contribution in [1.82, 2.24) is 0 Å². The van der Waals surface area contributed by atoms with Crippen molar-refractivity contribution in [2.24, 2.45) is 0 Å². The molecular weight excluding hydrogens is 240 g/mol. The Hall–Kier alpha value is -2.03. The summed E-state index contributed by atoms with van der Waals surface area (Å²) in [5.41, 5.74) is 1.61. The fourth-order valence-electron chi connectivity index (χ4n) is 2.14. The standard InChI is InChI=1S/C16H18O3/c1-19-13-10-8-12(9-11-13)4-2-5-14-15(17)6-3-7-16(14)18/h2,4,8-11,17H,3,5-7H2,1H3/b4-2+. The molecule has 0 aliphatic heterocycles. The molecule has 2 rings (SSSR count). The Bertz CT molecular complexity index is 509. The normalized spacial score (nSPS) is 16.2. The number of Topliss-reactive ketones (excluding diaryl/α,β-unsaturated/α-hetero) is 1. The van der Waals surface area contributed by atoms with Gasteiger partial charge in [-0.3, -0.25) is 4.79 Å². The first-order valence-electron chi connectivity index (χ1n) is 6.45. The fraction of sp³-hybridized carbons (Fsp3) is 0.312. The second kappa shape index (κ2) is 6.23. The molecule has 0 heterocycles. The van der Waals surface area contributed by atoms with Crippen LogP contribution in [0.25, 0.3) is 6.08 Å². The lowest BCUT2D eigenvalue weighted by Gasteiger charge is -2.13. The molecule has 1 aliphatic rings. The van der Waals surface area contributed by atoms with Crippen LogP contribution in [0.5, 0.6) is 5.75 Å². The summed E-state index contributed by atoms with van der Waals surface area (Å²) in [6.07, 6.45) is 6.29. The number of ether oxygens (including phenoxy) is 1. The van der Waals surface area contributed by atoms with Gasteiger partial charge in [0.2, 0.25) is 0 Å². The number of carbonyl (C=O) groups excluding carboxylic acids is 1. The molecule has 1 aliphatic carbocycles. The quantitative estimate of drug-likeness (QED) is 0.896. The van der Waals surface area contributed by atoms with E-state index in [1.807, 2.05) is 36.4 Å². The Balaban J connectivity index is 2.01. The van der Waals surface area contributed by atoms with Crippen molar-refractivity contribution in [3.8, 4) is 5.75 Å². The molecular formula is C16H18O3. The van der Waals surface area contributed by atoms with Gasteiger partial charge in [0.15, 0.2) is 5.78 Å². The van der Waals surface area contributed by atoms with Gasteiger partial charge in [-0.05, 0) is 30.5 Å². The summed E-state index contributed by atoms with van der Waals surface area (Å²) in [5.74, 6) is 1.15. The van der Waals surface area contributed by atoms with Crippen LogP contribution in [0.15, 0.2) is 41.7 Å². The lowest BCUT2D eigenvalue weighted by Crippen LogP contribution is -2.10. The van der Waals surface area contributed by atoms with E-state index in [0.29, 0.717) is 24.8 Å². The minimum Gasteiger partial charge on any atom is -0.512 e. The van der Waals surface area contributed by atoms with E-state index >= 15 is 0 Å². The molecule has 0 saturated carbocycles. The van der Waals surface area contributed by atoms with E-state index in [2.05, 4.69) is 0 Å². The summed E-state index contributed by atoms with van der Waals surface area (Å²) >= 11 is 0. The zero-order valence-corrected chi connectivity index (χ0v) is 11.1. The average Bonchev–Trinajstić information content (AvgIpc) is 2.43. The first kappa shape index (κ1) is 13.4. The Morgan fingerprint density at radius 3 is 2.63 bits per heavy atom. The Kier molecular flexibility index (Phi) is 4.39. The predicted octanol–water partition coefficient (Wildman–Crippen LogP) is 3.66. The van der Waals surface area contributed by atoms with E-state index in [1.165, 1.54) is 0 Å². The summed E-state index contributed by atoms with van der Waals surface area (Å²) < 4.78 is 5.09. The number of rotatable bonds is 4. The monoisotopic (exact) mass is 258 g/mol. The van der Waals surface area contributed by atoms with Gasteiger partial charge in [-0.1, -0.05) is 24.3 Å². The van der Waals surface area contributed by atoms with Crippen molar-refractivity contribution < 1.29 is 14.6 Å². The van der Waals surface area contributed by atoms with Crippen LogP contribution >= 0.6 is 0 Å². The molecule has 0 radical (unpaired) electrons. The zero-order chi connectivity index (χ0) is 13.7. The molecule has 0 fully saturated rings. The number of aliphatic hydroxyl groups is 1. The van der Waals surface area contributed by atoms with Gasteiger partial charge in [-0.15, -0.1) is 0 Å². The van der Waals surface area contributed by atoms with Crippen LogP contribution in [0, 0.1) is 0 Å². The van der Waals surface area contributed by atoms with Crippen LogP contribution in [-0.2, 0) is 4.79 Å². The zero-order valence-electron chi connectivity index (χ0n) is 11.1. The molecule has 0 atom stereocenters. The summed E-state index contributed by atoms with van der Waals surface area (Å²) in [6.45, 7) is 0. The topological polar surface area (TPSA) is 46.5 Å². The predicted molar refractivity (Wildman–Crippen MR) is 75.2 cm³/mol.